The van der Waals surface area contributed by atoms with Crippen molar-refractivity contribution < 1.29 is 26.3 Å². The summed E-state index contributed by atoms with van der Waals surface area (Å²) in [5, 5.41) is 0. The molecule has 0 aliphatic rings. The minimum atomic E-state index is -5.18. The van der Waals surface area contributed by atoms with Crippen molar-refractivity contribution in [3.05, 3.63) is 28.8 Å². The van der Waals surface area contributed by atoms with Crippen LogP contribution in [0.3, 0.4) is 0 Å². The molecule has 1 rings (SSSR count). The Morgan fingerprint density at radius 2 is 1.35 bits per heavy atom. The molecule has 0 saturated carbocycles. The van der Waals surface area contributed by atoms with E-state index in [4.69, 9.17) is 11.5 Å². The summed E-state index contributed by atoms with van der Waals surface area (Å²) in [6.45, 7) is -0.655. The number of rotatable bonds is 1. The lowest BCUT2D eigenvalue weighted by Crippen LogP contribution is -2.22. The van der Waals surface area contributed by atoms with E-state index in [1.54, 1.807) is 0 Å². The van der Waals surface area contributed by atoms with Gasteiger partial charge < -0.3 is 11.5 Å². The van der Waals surface area contributed by atoms with Crippen LogP contribution < -0.4 is 11.5 Å². The van der Waals surface area contributed by atoms with Gasteiger partial charge in [-0.1, -0.05) is 6.07 Å². The molecule has 17 heavy (non-hydrogen) atoms. The van der Waals surface area contributed by atoms with Crippen LogP contribution in [-0.2, 0) is 18.9 Å². The number of hydrogen-bond donors (Lipinski definition) is 2. The fourth-order valence-corrected chi connectivity index (χ4v) is 1.46. The van der Waals surface area contributed by atoms with Crippen LogP contribution >= 0.6 is 0 Å². The van der Waals surface area contributed by atoms with Gasteiger partial charge in [0.1, 0.15) is 0 Å². The van der Waals surface area contributed by atoms with Crippen molar-refractivity contribution in [3.63, 3.8) is 0 Å². The van der Waals surface area contributed by atoms with E-state index in [1.807, 2.05) is 0 Å². The zero-order valence-electron chi connectivity index (χ0n) is 8.28. The minimum absolute atomic E-state index is 0.640. The molecule has 0 aliphatic carbocycles. The van der Waals surface area contributed by atoms with E-state index in [9.17, 15) is 26.3 Å². The molecular weight excluding hydrogens is 250 g/mol. The first-order chi connectivity index (χ1) is 7.59. The first-order valence-electron chi connectivity index (χ1n) is 4.35. The largest absolute Gasteiger partial charge is 0.418 e. The number of nitrogens with two attached hydrogens (primary N) is 2. The minimum Gasteiger partial charge on any atom is -0.398 e. The van der Waals surface area contributed by atoms with Gasteiger partial charge in [-0.15, -0.1) is 0 Å². The van der Waals surface area contributed by atoms with Gasteiger partial charge in [0, 0.05) is 12.2 Å². The summed E-state index contributed by atoms with van der Waals surface area (Å²) < 4.78 is 75.4. The smallest absolute Gasteiger partial charge is 0.398 e. The molecule has 0 aromatic heterocycles. The highest BCUT2D eigenvalue weighted by Crippen LogP contribution is 2.44. The van der Waals surface area contributed by atoms with Gasteiger partial charge in [-0.2, -0.15) is 26.3 Å². The molecule has 1 aromatic carbocycles. The summed E-state index contributed by atoms with van der Waals surface area (Å²) in [7, 11) is 0. The number of hydrogen-bond acceptors (Lipinski definition) is 2. The Bertz CT molecular complexity index is 421. The van der Waals surface area contributed by atoms with Crippen molar-refractivity contribution in [2.24, 2.45) is 5.73 Å². The van der Waals surface area contributed by atoms with Crippen LogP contribution in [-0.4, -0.2) is 0 Å². The topological polar surface area (TPSA) is 52.0 Å². The van der Waals surface area contributed by atoms with Gasteiger partial charge in [-0.3, -0.25) is 0 Å². The summed E-state index contributed by atoms with van der Waals surface area (Å²) in [5.41, 5.74) is 4.66. The van der Waals surface area contributed by atoms with Crippen LogP contribution in [0.2, 0.25) is 0 Å². The van der Waals surface area contributed by atoms with E-state index in [1.165, 1.54) is 0 Å². The fraction of sp³-hybridized carbons (Fsp3) is 0.333. The Hall–Kier alpha value is -1.44. The molecule has 0 aliphatic heterocycles. The third-order valence-electron chi connectivity index (χ3n) is 2.11. The van der Waals surface area contributed by atoms with Gasteiger partial charge >= 0.3 is 12.4 Å². The first-order valence-corrected chi connectivity index (χ1v) is 4.35. The molecule has 0 bridgehead atoms. The average Bonchev–Trinajstić information content (AvgIpc) is 2.13. The second-order valence-corrected chi connectivity index (χ2v) is 3.26. The Balaban J connectivity index is 3.67. The predicted octanol–water partition coefficient (Wildman–Crippen LogP) is 2.77. The third kappa shape index (κ3) is 2.63. The van der Waals surface area contributed by atoms with Crippen LogP contribution in [0.1, 0.15) is 16.7 Å². The van der Waals surface area contributed by atoms with Crippen LogP contribution in [0, 0.1) is 0 Å². The quantitative estimate of drug-likeness (QED) is 0.601. The molecule has 0 atom stereocenters. The average molecular weight is 258 g/mol. The molecule has 0 heterocycles. The Labute approximate surface area is 92.2 Å². The highest BCUT2D eigenvalue weighted by molar-refractivity contribution is 5.56. The van der Waals surface area contributed by atoms with Gasteiger partial charge in [-0.25, -0.2) is 0 Å². The summed E-state index contributed by atoms with van der Waals surface area (Å²) in [5.74, 6) is 0. The second-order valence-electron chi connectivity index (χ2n) is 3.26. The zero-order chi connectivity index (χ0) is 13.4. The van der Waals surface area contributed by atoms with Crippen molar-refractivity contribution >= 4 is 5.69 Å². The maximum atomic E-state index is 12.6. The molecule has 96 valence electrons. The summed E-state index contributed by atoms with van der Waals surface area (Å²) >= 11 is 0. The molecule has 1 aromatic rings. The number of halogens is 6. The highest BCUT2D eigenvalue weighted by Gasteiger charge is 2.46. The van der Waals surface area contributed by atoms with Gasteiger partial charge in [0.15, 0.2) is 0 Å². The lowest BCUT2D eigenvalue weighted by Gasteiger charge is -2.20. The molecule has 0 unspecified atom stereocenters. The van der Waals surface area contributed by atoms with E-state index in [-0.39, 0.29) is 0 Å². The van der Waals surface area contributed by atoms with Gasteiger partial charge in [0.05, 0.1) is 11.1 Å². The van der Waals surface area contributed by atoms with Crippen molar-refractivity contribution in [1.82, 2.24) is 0 Å². The van der Waals surface area contributed by atoms with Gasteiger partial charge in [0.25, 0.3) is 0 Å². The number of nitrogen functional groups attached to an aromatic ring is 1. The standard InChI is InChI=1S/C9H8F6N2/c10-8(11,12)6-4(3-16)1-2-5(17)7(6)9(13,14)15/h1-2H,3,16-17H2. The first kappa shape index (κ1) is 13.6. The van der Waals surface area contributed by atoms with Gasteiger partial charge in [0.2, 0.25) is 0 Å². The third-order valence-corrected chi connectivity index (χ3v) is 2.11. The Kier molecular flexibility index (Phi) is 3.28. The maximum absolute atomic E-state index is 12.6. The number of alkyl halides is 6. The molecule has 2 nitrogen and oxygen atoms in total. The van der Waals surface area contributed by atoms with E-state index < -0.39 is 41.3 Å². The van der Waals surface area contributed by atoms with Crippen LogP contribution in [0.25, 0.3) is 0 Å². The Morgan fingerprint density at radius 3 is 1.71 bits per heavy atom. The molecule has 0 spiro atoms. The van der Waals surface area contributed by atoms with Gasteiger partial charge in [-0.05, 0) is 11.6 Å². The van der Waals surface area contributed by atoms with Crippen LogP contribution in [0.4, 0.5) is 32.0 Å². The van der Waals surface area contributed by atoms with Crippen molar-refractivity contribution in [1.29, 1.82) is 0 Å². The van der Waals surface area contributed by atoms with Crippen molar-refractivity contribution in [2.45, 2.75) is 18.9 Å². The normalized spacial score (nSPS) is 12.9. The lowest BCUT2D eigenvalue weighted by molar-refractivity contribution is -0.162. The van der Waals surface area contributed by atoms with Crippen LogP contribution in [0.15, 0.2) is 12.1 Å². The molecule has 0 fully saturated rings. The highest BCUT2D eigenvalue weighted by atomic mass is 19.4. The van der Waals surface area contributed by atoms with Crippen molar-refractivity contribution in [2.75, 3.05) is 5.73 Å². The zero-order valence-corrected chi connectivity index (χ0v) is 8.28. The number of anilines is 1. The SMILES string of the molecule is NCc1ccc(N)c(C(F)(F)F)c1C(F)(F)F. The summed E-state index contributed by atoms with van der Waals surface area (Å²) in [6, 6.07) is 1.60. The summed E-state index contributed by atoms with van der Waals surface area (Å²) in [4.78, 5) is 0. The molecular formula is C9H8F6N2. The number of benzene rings is 1. The lowest BCUT2D eigenvalue weighted by atomic mass is 9.98. The molecule has 0 radical (unpaired) electrons. The Morgan fingerprint density at radius 1 is 0.882 bits per heavy atom. The van der Waals surface area contributed by atoms with E-state index in [0.717, 1.165) is 12.1 Å². The van der Waals surface area contributed by atoms with Crippen molar-refractivity contribution in [3.8, 4) is 0 Å². The monoisotopic (exact) mass is 258 g/mol. The second kappa shape index (κ2) is 4.10. The molecule has 0 amide bonds. The fourth-order valence-electron chi connectivity index (χ4n) is 1.46. The van der Waals surface area contributed by atoms with E-state index in [0.29, 0.717) is 0 Å². The predicted molar refractivity (Wildman–Crippen MR) is 48.7 cm³/mol. The van der Waals surface area contributed by atoms with Crippen LogP contribution in [0.5, 0.6) is 0 Å². The van der Waals surface area contributed by atoms with E-state index in [2.05, 4.69) is 0 Å². The maximum Gasteiger partial charge on any atom is 0.418 e. The molecule has 4 N–H and O–H groups in total. The summed E-state index contributed by atoms with van der Waals surface area (Å²) in [6.07, 6.45) is -10.3. The molecule has 0 saturated heterocycles. The van der Waals surface area contributed by atoms with E-state index >= 15 is 0 Å². The molecule has 8 heteroatoms.